The fraction of sp³-hybridized carbons (Fsp3) is 0.235. The summed E-state index contributed by atoms with van der Waals surface area (Å²) in [6, 6.07) is 10.6. The number of rotatable bonds is 6. The molecule has 8 heteroatoms. The first kappa shape index (κ1) is 16.6. The molecule has 2 heterocycles. The molecular weight excluding hydrogens is 324 g/mol. The molecule has 0 radical (unpaired) electrons. The minimum absolute atomic E-state index is 0.154. The van der Waals surface area contributed by atoms with Crippen molar-refractivity contribution in [3.05, 3.63) is 58.6 Å². The summed E-state index contributed by atoms with van der Waals surface area (Å²) in [5.41, 5.74) is 0.948. The van der Waals surface area contributed by atoms with Crippen molar-refractivity contribution in [2.45, 2.75) is 13.1 Å². The van der Waals surface area contributed by atoms with E-state index in [2.05, 4.69) is 10.4 Å². The highest BCUT2D eigenvalue weighted by molar-refractivity contribution is 5.75. The van der Waals surface area contributed by atoms with Crippen LogP contribution in [-0.2, 0) is 17.9 Å². The predicted octanol–water partition coefficient (Wildman–Crippen LogP) is 0.830. The van der Waals surface area contributed by atoms with E-state index in [4.69, 9.17) is 9.47 Å². The minimum atomic E-state index is -0.354. The van der Waals surface area contributed by atoms with Crippen LogP contribution in [0.2, 0.25) is 0 Å². The van der Waals surface area contributed by atoms with E-state index < -0.39 is 0 Å². The van der Waals surface area contributed by atoms with Crippen LogP contribution in [0.1, 0.15) is 5.56 Å². The second-order valence-corrected chi connectivity index (χ2v) is 5.32. The predicted molar refractivity (Wildman–Crippen MR) is 90.8 cm³/mol. The molecule has 3 rings (SSSR count). The lowest BCUT2D eigenvalue weighted by molar-refractivity contribution is -0.122. The van der Waals surface area contributed by atoms with E-state index in [1.807, 2.05) is 6.07 Å². The largest absolute Gasteiger partial charge is 0.497 e. The van der Waals surface area contributed by atoms with Crippen molar-refractivity contribution in [2.75, 3.05) is 14.2 Å². The van der Waals surface area contributed by atoms with Crippen LogP contribution >= 0.6 is 0 Å². The summed E-state index contributed by atoms with van der Waals surface area (Å²) in [6.07, 6.45) is 1.61. The molecule has 1 amide bonds. The molecule has 0 fully saturated rings. The molecule has 0 saturated heterocycles. The molecule has 0 spiro atoms. The van der Waals surface area contributed by atoms with Gasteiger partial charge < -0.3 is 14.8 Å². The summed E-state index contributed by atoms with van der Waals surface area (Å²) in [6.45, 7) is 0.118. The van der Waals surface area contributed by atoms with E-state index in [0.717, 1.165) is 10.2 Å². The number of fused-ring (bicyclic) bond motifs is 1. The van der Waals surface area contributed by atoms with Gasteiger partial charge in [-0.3, -0.25) is 9.20 Å². The first-order valence-corrected chi connectivity index (χ1v) is 7.64. The van der Waals surface area contributed by atoms with E-state index in [-0.39, 0.29) is 24.7 Å². The molecule has 0 bridgehead atoms. The van der Waals surface area contributed by atoms with Crippen molar-refractivity contribution in [2.24, 2.45) is 0 Å². The van der Waals surface area contributed by atoms with E-state index in [1.54, 1.807) is 50.7 Å². The Kier molecular flexibility index (Phi) is 4.69. The lowest BCUT2D eigenvalue weighted by Gasteiger charge is -2.11. The molecule has 0 aliphatic carbocycles. The summed E-state index contributed by atoms with van der Waals surface area (Å²) < 4.78 is 13.0. The molecule has 0 aliphatic rings. The Morgan fingerprint density at radius 3 is 2.76 bits per heavy atom. The van der Waals surface area contributed by atoms with E-state index in [0.29, 0.717) is 17.1 Å². The Bertz CT molecular complexity index is 961. The average Bonchev–Trinajstić information content (AvgIpc) is 2.95. The van der Waals surface area contributed by atoms with Gasteiger partial charge in [-0.05, 0) is 24.3 Å². The Morgan fingerprint density at radius 1 is 1.20 bits per heavy atom. The van der Waals surface area contributed by atoms with Gasteiger partial charge in [0.05, 0.1) is 14.2 Å². The van der Waals surface area contributed by atoms with Crippen molar-refractivity contribution in [3.8, 4) is 11.5 Å². The first-order chi connectivity index (χ1) is 12.1. The van der Waals surface area contributed by atoms with Gasteiger partial charge in [-0.2, -0.15) is 0 Å². The zero-order valence-corrected chi connectivity index (χ0v) is 13.9. The van der Waals surface area contributed by atoms with E-state index >= 15 is 0 Å². The molecule has 25 heavy (non-hydrogen) atoms. The standard InChI is InChI=1S/C17H18N4O4/c1-24-13-7-6-12(14(9-13)25-2)10-18-16(22)11-21-17(23)20-8-4-3-5-15(20)19-21/h3-9H,10-11H2,1-2H3,(H,18,22). The van der Waals surface area contributed by atoms with Crippen LogP contribution in [0.5, 0.6) is 11.5 Å². The maximum absolute atomic E-state index is 12.2. The van der Waals surface area contributed by atoms with Gasteiger partial charge in [-0.25, -0.2) is 9.48 Å². The van der Waals surface area contributed by atoms with Gasteiger partial charge in [-0.15, -0.1) is 5.10 Å². The van der Waals surface area contributed by atoms with Gasteiger partial charge in [0, 0.05) is 24.4 Å². The van der Waals surface area contributed by atoms with Gasteiger partial charge in [0.15, 0.2) is 5.65 Å². The molecule has 1 aromatic carbocycles. The fourth-order valence-electron chi connectivity index (χ4n) is 2.45. The molecule has 1 N–H and O–H groups in total. The monoisotopic (exact) mass is 342 g/mol. The zero-order valence-electron chi connectivity index (χ0n) is 13.9. The van der Waals surface area contributed by atoms with E-state index in [9.17, 15) is 9.59 Å². The number of benzene rings is 1. The Labute approximate surface area is 143 Å². The Balaban J connectivity index is 1.68. The van der Waals surface area contributed by atoms with Crippen molar-refractivity contribution >= 4 is 11.6 Å². The summed E-state index contributed by atoms with van der Waals surface area (Å²) in [5, 5.41) is 6.89. The van der Waals surface area contributed by atoms with Gasteiger partial charge in [0.1, 0.15) is 18.0 Å². The first-order valence-electron chi connectivity index (χ1n) is 7.64. The molecule has 0 atom stereocenters. The number of carbonyl (C=O) groups is 1. The lowest BCUT2D eigenvalue weighted by Crippen LogP contribution is -2.32. The van der Waals surface area contributed by atoms with Crippen LogP contribution in [0.4, 0.5) is 0 Å². The third kappa shape index (κ3) is 3.47. The number of hydrogen-bond donors (Lipinski definition) is 1. The summed E-state index contributed by atoms with van der Waals surface area (Å²) in [7, 11) is 3.12. The normalized spacial score (nSPS) is 10.6. The van der Waals surface area contributed by atoms with Crippen LogP contribution in [-0.4, -0.2) is 34.3 Å². The van der Waals surface area contributed by atoms with Crippen LogP contribution in [0, 0.1) is 0 Å². The molecule has 3 aromatic rings. The maximum Gasteiger partial charge on any atom is 0.350 e. The van der Waals surface area contributed by atoms with Gasteiger partial charge in [0.2, 0.25) is 5.91 Å². The highest BCUT2D eigenvalue weighted by atomic mass is 16.5. The smallest absolute Gasteiger partial charge is 0.350 e. The molecular formula is C17H18N4O4. The topological polar surface area (TPSA) is 86.9 Å². The van der Waals surface area contributed by atoms with Crippen molar-refractivity contribution in [3.63, 3.8) is 0 Å². The number of nitrogens with one attached hydrogen (secondary N) is 1. The van der Waals surface area contributed by atoms with Crippen LogP contribution in [0.15, 0.2) is 47.4 Å². The fourth-order valence-corrected chi connectivity index (χ4v) is 2.45. The average molecular weight is 342 g/mol. The number of pyridine rings is 1. The number of amides is 1. The number of carbonyl (C=O) groups excluding carboxylic acids is 1. The summed E-state index contributed by atoms with van der Waals surface area (Å²) in [4.78, 5) is 24.3. The molecule has 2 aromatic heterocycles. The number of ether oxygens (including phenoxy) is 2. The molecule has 0 unspecified atom stereocenters. The Hall–Kier alpha value is -3.29. The maximum atomic E-state index is 12.2. The highest BCUT2D eigenvalue weighted by Crippen LogP contribution is 2.24. The van der Waals surface area contributed by atoms with Crippen molar-refractivity contribution in [1.82, 2.24) is 19.5 Å². The van der Waals surface area contributed by atoms with E-state index in [1.165, 1.54) is 4.40 Å². The Morgan fingerprint density at radius 2 is 2.04 bits per heavy atom. The van der Waals surface area contributed by atoms with Crippen LogP contribution in [0.3, 0.4) is 0 Å². The molecule has 8 nitrogen and oxygen atoms in total. The lowest BCUT2D eigenvalue weighted by atomic mass is 10.2. The second-order valence-electron chi connectivity index (χ2n) is 5.32. The third-order valence-corrected chi connectivity index (χ3v) is 3.75. The SMILES string of the molecule is COc1ccc(CNC(=O)Cn2nc3ccccn3c2=O)c(OC)c1. The number of methoxy groups -OCH3 is 2. The molecule has 0 saturated carbocycles. The summed E-state index contributed by atoms with van der Waals surface area (Å²) in [5.74, 6) is 0.969. The quantitative estimate of drug-likeness (QED) is 0.717. The second kappa shape index (κ2) is 7.08. The molecule has 130 valence electrons. The summed E-state index contributed by atoms with van der Waals surface area (Å²) >= 11 is 0. The number of hydrogen-bond acceptors (Lipinski definition) is 5. The van der Waals surface area contributed by atoms with Crippen LogP contribution in [0.25, 0.3) is 5.65 Å². The van der Waals surface area contributed by atoms with Crippen LogP contribution < -0.4 is 20.5 Å². The van der Waals surface area contributed by atoms with Gasteiger partial charge in [0.25, 0.3) is 0 Å². The third-order valence-electron chi connectivity index (χ3n) is 3.75. The number of aromatic nitrogens is 3. The zero-order chi connectivity index (χ0) is 17.8. The van der Waals surface area contributed by atoms with Gasteiger partial charge in [-0.1, -0.05) is 6.07 Å². The minimum Gasteiger partial charge on any atom is -0.497 e. The highest BCUT2D eigenvalue weighted by Gasteiger charge is 2.11. The van der Waals surface area contributed by atoms with Crippen molar-refractivity contribution < 1.29 is 14.3 Å². The molecule has 0 aliphatic heterocycles. The number of nitrogens with zero attached hydrogens (tertiary/aromatic N) is 3. The van der Waals surface area contributed by atoms with Gasteiger partial charge >= 0.3 is 5.69 Å². The van der Waals surface area contributed by atoms with Crippen molar-refractivity contribution in [1.29, 1.82) is 0 Å².